The molecule has 2 aromatic carbocycles. The van der Waals surface area contributed by atoms with Crippen molar-refractivity contribution in [2.24, 2.45) is 7.05 Å². The SMILES string of the molecule is COc1cc(COc2cc3c(=O)n(C)ccc3cc2OC)cc(OC)c1. The first kappa shape index (κ1) is 17.7. The number of aromatic nitrogens is 1. The first-order valence-electron chi connectivity index (χ1n) is 8.08. The van der Waals surface area contributed by atoms with Gasteiger partial charge in [-0.2, -0.15) is 0 Å². The van der Waals surface area contributed by atoms with Crippen molar-refractivity contribution in [2.45, 2.75) is 6.61 Å². The monoisotopic (exact) mass is 355 g/mol. The highest BCUT2D eigenvalue weighted by Gasteiger charge is 2.11. The number of ether oxygens (including phenoxy) is 4. The summed E-state index contributed by atoms with van der Waals surface area (Å²) in [5.74, 6) is 2.44. The third-order valence-corrected chi connectivity index (χ3v) is 4.17. The third kappa shape index (κ3) is 3.44. The van der Waals surface area contributed by atoms with Crippen LogP contribution in [0.25, 0.3) is 10.8 Å². The van der Waals surface area contributed by atoms with E-state index in [2.05, 4.69) is 0 Å². The topological polar surface area (TPSA) is 58.9 Å². The number of aryl methyl sites for hydroxylation is 1. The Kier molecular flexibility index (Phi) is 5.02. The first-order chi connectivity index (χ1) is 12.5. The minimum absolute atomic E-state index is 0.0851. The highest BCUT2D eigenvalue weighted by Crippen LogP contribution is 2.32. The van der Waals surface area contributed by atoms with Gasteiger partial charge in [0.25, 0.3) is 5.56 Å². The van der Waals surface area contributed by atoms with Gasteiger partial charge in [0.1, 0.15) is 18.1 Å². The van der Waals surface area contributed by atoms with Crippen molar-refractivity contribution < 1.29 is 18.9 Å². The normalized spacial score (nSPS) is 10.6. The second-order valence-electron chi connectivity index (χ2n) is 5.83. The molecule has 1 aromatic heterocycles. The van der Waals surface area contributed by atoms with Gasteiger partial charge in [0.05, 0.1) is 26.7 Å². The molecule has 0 aliphatic rings. The second kappa shape index (κ2) is 7.39. The standard InChI is InChI=1S/C20H21NO5/c1-21-6-5-14-9-18(25-4)19(11-17(14)20(21)22)26-12-13-7-15(23-2)10-16(8-13)24-3/h5-11H,12H2,1-4H3. The predicted octanol–water partition coefficient (Wildman–Crippen LogP) is 3.14. The van der Waals surface area contributed by atoms with Crippen molar-refractivity contribution in [3.63, 3.8) is 0 Å². The Balaban J connectivity index is 1.95. The Morgan fingerprint density at radius 2 is 1.58 bits per heavy atom. The van der Waals surface area contributed by atoms with Crippen LogP contribution in [0.2, 0.25) is 0 Å². The molecule has 26 heavy (non-hydrogen) atoms. The van der Waals surface area contributed by atoms with Crippen LogP contribution in [0.15, 0.2) is 47.4 Å². The molecule has 3 rings (SSSR count). The molecule has 0 N–H and O–H groups in total. The molecular weight excluding hydrogens is 334 g/mol. The van der Waals surface area contributed by atoms with Gasteiger partial charge in [-0.25, -0.2) is 0 Å². The van der Waals surface area contributed by atoms with E-state index >= 15 is 0 Å². The van der Waals surface area contributed by atoms with Crippen molar-refractivity contribution in [3.8, 4) is 23.0 Å². The average molecular weight is 355 g/mol. The lowest BCUT2D eigenvalue weighted by atomic mass is 10.1. The van der Waals surface area contributed by atoms with Crippen molar-refractivity contribution in [3.05, 3.63) is 58.5 Å². The van der Waals surface area contributed by atoms with Crippen LogP contribution in [-0.4, -0.2) is 25.9 Å². The fraction of sp³-hybridized carbons (Fsp3) is 0.250. The van der Waals surface area contributed by atoms with Crippen LogP contribution in [-0.2, 0) is 13.7 Å². The molecule has 6 nitrogen and oxygen atoms in total. The summed E-state index contributed by atoms with van der Waals surface area (Å²) in [6, 6.07) is 10.9. The van der Waals surface area contributed by atoms with E-state index in [1.54, 1.807) is 52.8 Å². The number of benzene rings is 2. The average Bonchev–Trinajstić information content (AvgIpc) is 2.68. The van der Waals surface area contributed by atoms with Crippen LogP contribution in [0.1, 0.15) is 5.56 Å². The molecule has 0 amide bonds. The van der Waals surface area contributed by atoms with Crippen LogP contribution >= 0.6 is 0 Å². The molecule has 136 valence electrons. The van der Waals surface area contributed by atoms with Crippen LogP contribution in [0.4, 0.5) is 0 Å². The van der Waals surface area contributed by atoms with E-state index < -0.39 is 0 Å². The zero-order valence-corrected chi connectivity index (χ0v) is 15.2. The minimum atomic E-state index is -0.0851. The van der Waals surface area contributed by atoms with Crippen molar-refractivity contribution >= 4 is 10.8 Å². The van der Waals surface area contributed by atoms with Gasteiger partial charge in [0.2, 0.25) is 0 Å². The summed E-state index contributed by atoms with van der Waals surface area (Å²) in [5, 5.41) is 1.38. The minimum Gasteiger partial charge on any atom is -0.497 e. The van der Waals surface area contributed by atoms with Gasteiger partial charge in [-0.05, 0) is 41.3 Å². The predicted molar refractivity (Wildman–Crippen MR) is 99.6 cm³/mol. The summed E-state index contributed by atoms with van der Waals surface area (Å²) in [6.07, 6.45) is 1.73. The molecule has 0 atom stereocenters. The number of fused-ring (bicyclic) bond motifs is 1. The molecule has 3 aromatic rings. The molecule has 6 heteroatoms. The molecule has 0 saturated heterocycles. The van der Waals surface area contributed by atoms with E-state index in [0.29, 0.717) is 28.4 Å². The fourth-order valence-corrected chi connectivity index (χ4v) is 2.73. The molecule has 0 radical (unpaired) electrons. The van der Waals surface area contributed by atoms with Crippen LogP contribution < -0.4 is 24.5 Å². The molecule has 0 bridgehead atoms. The Labute approximate surface area is 151 Å². The van der Waals surface area contributed by atoms with E-state index in [0.717, 1.165) is 10.9 Å². The number of rotatable bonds is 6. The van der Waals surface area contributed by atoms with Gasteiger partial charge in [0, 0.05) is 19.3 Å². The molecular formula is C20H21NO5. The van der Waals surface area contributed by atoms with Crippen LogP contribution in [0.5, 0.6) is 23.0 Å². The summed E-state index contributed by atoms with van der Waals surface area (Å²) >= 11 is 0. The van der Waals surface area contributed by atoms with E-state index in [1.807, 2.05) is 18.2 Å². The van der Waals surface area contributed by atoms with E-state index in [4.69, 9.17) is 18.9 Å². The highest BCUT2D eigenvalue weighted by atomic mass is 16.5. The first-order valence-corrected chi connectivity index (χ1v) is 8.08. The maximum Gasteiger partial charge on any atom is 0.258 e. The Morgan fingerprint density at radius 1 is 0.885 bits per heavy atom. The third-order valence-electron chi connectivity index (χ3n) is 4.17. The molecule has 0 aliphatic carbocycles. The summed E-state index contributed by atoms with van der Waals surface area (Å²) in [5.41, 5.74) is 0.794. The summed E-state index contributed by atoms with van der Waals surface area (Å²) in [6.45, 7) is 0.280. The van der Waals surface area contributed by atoms with E-state index in [-0.39, 0.29) is 12.2 Å². The Bertz CT molecular complexity index is 971. The van der Waals surface area contributed by atoms with E-state index in [1.165, 1.54) is 4.57 Å². The Morgan fingerprint density at radius 3 is 2.19 bits per heavy atom. The zero-order valence-electron chi connectivity index (χ0n) is 15.2. The summed E-state index contributed by atoms with van der Waals surface area (Å²) < 4.78 is 23.4. The van der Waals surface area contributed by atoms with Gasteiger partial charge in [0.15, 0.2) is 11.5 Å². The number of methoxy groups -OCH3 is 3. The van der Waals surface area contributed by atoms with Gasteiger partial charge in [-0.1, -0.05) is 0 Å². The molecule has 1 heterocycles. The smallest absolute Gasteiger partial charge is 0.258 e. The highest BCUT2D eigenvalue weighted by molar-refractivity contribution is 5.85. The fourth-order valence-electron chi connectivity index (χ4n) is 2.73. The Hall–Kier alpha value is -3.15. The van der Waals surface area contributed by atoms with E-state index in [9.17, 15) is 4.79 Å². The number of pyridine rings is 1. The zero-order chi connectivity index (χ0) is 18.7. The quantitative estimate of drug-likeness (QED) is 0.680. The largest absolute Gasteiger partial charge is 0.497 e. The summed E-state index contributed by atoms with van der Waals surface area (Å²) in [7, 11) is 6.49. The molecule has 0 fully saturated rings. The van der Waals surface area contributed by atoms with Crippen molar-refractivity contribution in [1.29, 1.82) is 0 Å². The maximum absolute atomic E-state index is 12.4. The molecule has 0 saturated carbocycles. The van der Waals surface area contributed by atoms with Crippen LogP contribution in [0.3, 0.4) is 0 Å². The van der Waals surface area contributed by atoms with Gasteiger partial charge < -0.3 is 23.5 Å². The number of nitrogens with zero attached hydrogens (tertiary/aromatic N) is 1. The second-order valence-corrected chi connectivity index (χ2v) is 5.83. The summed E-state index contributed by atoms with van der Waals surface area (Å²) in [4.78, 5) is 12.4. The van der Waals surface area contributed by atoms with Crippen molar-refractivity contribution in [2.75, 3.05) is 21.3 Å². The lowest BCUT2D eigenvalue weighted by Gasteiger charge is -2.13. The van der Waals surface area contributed by atoms with Gasteiger partial charge in [-0.15, -0.1) is 0 Å². The maximum atomic E-state index is 12.4. The van der Waals surface area contributed by atoms with Gasteiger partial charge >= 0.3 is 0 Å². The van der Waals surface area contributed by atoms with Crippen LogP contribution in [0, 0.1) is 0 Å². The number of hydrogen-bond donors (Lipinski definition) is 0. The lowest BCUT2D eigenvalue weighted by Crippen LogP contribution is -2.15. The molecule has 0 aliphatic heterocycles. The lowest BCUT2D eigenvalue weighted by molar-refractivity contribution is 0.283. The van der Waals surface area contributed by atoms with Crippen molar-refractivity contribution in [1.82, 2.24) is 4.57 Å². The van der Waals surface area contributed by atoms with Gasteiger partial charge in [-0.3, -0.25) is 4.79 Å². The molecule has 0 spiro atoms. The number of hydrogen-bond acceptors (Lipinski definition) is 5. The molecule has 0 unspecified atom stereocenters.